The number of rotatable bonds is 4. The van der Waals surface area contributed by atoms with E-state index in [1.807, 2.05) is 0 Å². The zero-order chi connectivity index (χ0) is 16.6. The summed E-state index contributed by atoms with van der Waals surface area (Å²) >= 11 is 0. The molecule has 0 spiro atoms. The number of nitrogens with one attached hydrogen (secondary N) is 1. The predicted octanol–water partition coefficient (Wildman–Crippen LogP) is 1.20. The van der Waals surface area contributed by atoms with Gasteiger partial charge in [0.1, 0.15) is 12.3 Å². The van der Waals surface area contributed by atoms with E-state index in [0.29, 0.717) is 28.5 Å². The van der Waals surface area contributed by atoms with Crippen molar-refractivity contribution in [2.24, 2.45) is 0 Å². The Morgan fingerprint density at radius 3 is 2.30 bits per heavy atom. The highest BCUT2D eigenvalue weighted by molar-refractivity contribution is 6.22. The van der Waals surface area contributed by atoms with E-state index in [0.717, 1.165) is 4.90 Å². The summed E-state index contributed by atoms with van der Waals surface area (Å²) < 4.78 is 5.35. The van der Waals surface area contributed by atoms with E-state index >= 15 is 0 Å². The van der Waals surface area contributed by atoms with Crippen LogP contribution in [0.5, 0.6) is 0 Å². The van der Waals surface area contributed by atoms with Gasteiger partial charge in [0.25, 0.3) is 11.8 Å². The first kappa shape index (κ1) is 15.0. The van der Waals surface area contributed by atoms with Crippen molar-refractivity contribution in [3.05, 3.63) is 52.7 Å². The lowest BCUT2D eigenvalue weighted by Crippen LogP contribution is -2.40. The van der Waals surface area contributed by atoms with Crippen LogP contribution in [0.3, 0.4) is 0 Å². The number of carbonyl (C=O) groups excluding carboxylic acids is 3. The normalized spacial score (nSPS) is 13.4. The van der Waals surface area contributed by atoms with Crippen molar-refractivity contribution in [3.8, 4) is 0 Å². The molecule has 0 bridgehead atoms. The van der Waals surface area contributed by atoms with E-state index in [-0.39, 0.29) is 13.1 Å². The summed E-state index contributed by atoms with van der Waals surface area (Å²) in [6, 6.07) is 6.52. The predicted molar refractivity (Wildman–Crippen MR) is 79.6 cm³/mol. The summed E-state index contributed by atoms with van der Waals surface area (Å²) in [5, 5.41) is 2.63. The van der Waals surface area contributed by atoms with Crippen LogP contribution in [0, 0.1) is 13.8 Å². The summed E-state index contributed by atoms with van der Waals surface area (Å²) in [6.07, 6.45) is 0. The van der Waals surface area contributed by atoms with E-state index in [1.165, 1.54) is 0 Å². The average molecular weight is 313 g/mol. The molecule has 0 atom stereocenters. The van der Waals surface area contributed by atoms with Crippen molar-refractivity contribution in [1.29, 1.82) is 0 Å². The summed E-state index contributed by atoms with van der Waals surface area (Å²) in [4.78, 5) is 41.4. The van der Waals surface area contributed by atoms with Crippen molar-refractivity contribution in [2.45, 2.75) is 20.4 Å². The number of hydrogen-bond acceptors (Lipinski definition) is 5. The maximum Gasteiger partial charge on any atom is 0.262 e. The topological polar surface area (TPSA) is 92.5 Å². The molecule has 2 heterocycles. The van der Waals surface area contributed by atoms with Crippen molar-refractivity contribution < 1.29 is 18.8 Å². The van der Waals surface area contributed by atoms with Gasteiger partial charge in [0.05, 0.1) is 23.4 Å². The van der Waals surface area contributed by atoms with Crippen LogP contribution < -0.4 is 5.32 Å². The van der Waals surface area contributed by atoms with Crippen molar-refractivity contribution in [1.82, 2.24) is 15.2 Å². The molecule has 118 valence electrons. The number of oxazole rings is 1. The van der Waals surface area contributed by atoms with Gasteiger partial charge in [0.2, 0.25) is 5.91 Å². The molecule has 0 aliphatic carbocycles. The number of hydrogen-bond donors (Lipinski definition) is 1. The molecule has 0 saturated heterocycles. The van der Waals surface area contributed by atoms with Gasteiger partial charge in [-0.15, -0.1) is 0 Å². The molecule has 1 aromatic heterocycles. The van der Waals surface area contributed by atoms with E-state index in [9.17, 15) is 14.4 Å². The summed E-state index contributed by atoms with van der Waals surface area (Å²) in [7, 11) is 0. The van der Waals surface area contributed by atoms with Crippen LogP contribution in [0.1, 0.15) is 38.1 Å². The molecule has 1 N–H and O–H groups in total. The van der Waals surface area contributed by atoms with E-state index in [2.05, 4.69) is 10.3 Å². The van der Waals surface area contributed by atoms with Gasteiger partial charge in [-0.1, -0.05) is 12.1 Å². The zero-order valence-corrected chi connectivity index (χ0v) is 12.8. The summed E-state index contributed by atoms with van der Waals surface area (Å²) in [5.74, 6) is -0.266. The molecule has 0 saturated carbocycles. The maximum absolute atomic E-state index is 12.2. The minimum absolute atomic E-state index is 0.161. The number of aryl methyl sites for hydroxylation is 2. The first-order valence-corrected chi connectivity index (χ1v) is 7.12. The molecule has 1 aliphatic heterocycles. The Morgan fingerprint density at radius 1 is 1.17 bits per heavy atom. The van der Waals surface area contributed by atoms with Crippen LogP contribution in [0.2, 0.25) is 0 Å². The van der Waals surface area contributed by atoms with E-state index in [4.69, 9.17) is 4.42 Å². The molecular formula is C16H15N3O4. The highest BCUT2D eigenvalue weighted by Gasteiger charge is 2.36. The van der Waals surface area contributed by atoms with Gasteiger partial charge in [0.15, 0.2) is 5.89 Å². The Bertz CT molecular complexity index is 774. The Hall–Kier alpha value is -2.96. The summed E-state index contributed by atoms with van der Waals surface area (Å²) in [5.41, 5.74) is 1.35. The molecule has 2 aromatic rings. The molecule has 0 unspecified atom stereocenters. The van der Waals surface area contributed by atoms with Crippen LogP contribution in [-0.4, -0.2) is 34.2 Å². The summed E-state index contributed by atoms with van der Waals surface area (Å²) in [6.45, 7) is 3.34. The third-order valence-corrected chi connectivity index (χ3v) is 3.63. The fourth-order valence-corrected chi connectivity index (χ4v) is 2.50. The quantitative estimate of drug-likeness (QED) is 0.856. The molecule has 1 aliphatic rings. The average Bonchev–Trinajstić information content (AvgIpc) is 2.97. The van der Waals surface area contributed by atoms with Gasteiger partial charge in [-0.25, -0.2) is 4.98 Å². The molecular weight excluding hydrogens is 298 g/mol. The second-order valence-corrected chi connectivity index (χ2v) is 5.26. The molecule has 7 nitrogen and oxygen atoms in total. The smallest absolute Gasteiger partial charge is 0.262 e. The fourth-order valence-electron chi connectivity index (χ4n) is 2.50. The molecule has 1 aromatic carbocycles. The number of benzene rings is 1. The Balaban J connectivity index is 1.64. The van der Waals surface area contributed by atoms with Gasteiger partial charge in [-0.3, -0.25) is 19.3 Å². The highest BCUT2D eigenvalue weighted by Crippen LogP contribution is 2.21. The molecule has 0 radical (unpaired) electrons. The maximum atomic E-state index is 12.2. The van der Waals surface area contributed by atoms with Crippen LogP contribution >= 0.6 is 0 Å². The number of imide groups is 1. The minimum atomic E-state index is -0.451. The van der Waals surface area contributed by atoms with Crippen LogP contribution in [0.25, 0.3) is 0 Å². The van der Waals surface area contributed by atoms with E-state index < -0.39 is 17.7 Å². The second-order valence-electron chi connectivity index (χ2n) is 5.26. The standard InChI is InChI=1S/C16H15N3O4/c1-9-13(23-10(2)18-9)7-17-14(20)8-19-15(21)11-5-3-4-6-12(11)16(19)22/h3-6H,7-8H2,1-2H3,(H,17,20). The lowest BCUT2D eigenvalue weighted by atomic mass is 10.1. The van der Waals surface area contributed by atoms with Crippen LogP contribution in [0.15, 0.2) is 28.7 Å². The number of amides is 3. The van der Waals surface area contributed by atoms with Gasteiger partial charge >= 0.3 is 0 Å². The lowest BCUT2D eigenvalue weighted by molar-refractivity contribution is -0.121. The van der Waals surface area contributed by atoms with Crippen molar-refractivity contribution in [3.63, 3.8) is 0 Å². The Kier molecular flexibility index (Phi) is 3.69. The minimum Gasteiger partial charge on any atom is -0.444 e. The third kappa shape index (κ3) is 2.73. The number of aromatic nitrogens is 1. The van der Waals surface area contributed by atoms with Crippen molar-refractivity contribution in [2.75, 3.05) is 6.54 Å². The van der Waals surface area contributed by atoms with Crippen LogP contribution in [0.4, 0.5) is 0 Å². The largest absolute Gasteiger partial charge is 0.444 e. The monoisotopic (exact) mass is 313 g/mol. The number of nitrogens with zero attached hydrogens (tertiary/aromatic N) is 2. The molecule has 0 fully saturated rings. The highest BCUT2D eigenvalue weighted by atomic mass is 16.4. The molecule has 23 heavy (non-hydrogen) atoms. The van der Waals surface area contributed by atoms with Gasteiger partial charge < -0.3 is 9.73 Å². The lowest BCUT2D eigenvalue weighted by Gasteiger charge is -2.13. The fraction of sp³-hybridized carbons (Fsp3) is 0.250. The van der Waals surface area contributed by atoms with Crippen LogP contribution in [-0.2, 0) is 11.3 Å². The van der Waals surface area contributed by atoms with Crippen molar-refractivity contribution >= 4 is 17.7 Å². The SMILES string of the molecule is Cc1nc(C)c(CNC(=O)CN2C(=O)c3ccccc3C2=O)o1. The zero-order valence-electron chi connectivity index (χ0n) is 12.8. The Labute approximate surface area is 132 Å². The third-order valence-electron chi connectivity index (χ3n) is 3.63. The second kappa shape index (κ2) is 5.68. The first-order chi connectivity index (χ1) is 11.0. The van der Waals surface area contributed by atoms with Gasteiger partial charge in [0, 0.05) is 6.92 Å². The number of carbonyl (C=O) groups is 3. The molecule has 7 heteroatoms. The first-order valence-electron chi connectivity index (χ1n) is 7.12. The van der Waals surface area contributed by atoms with E-state index in [1.54, 1.807) is 38.1 Å². The number of fused-ring (bicyclic) bond motifs is 1. The molecule has 3 amide bonds. The van der Waals surface area contributed by atoms with Gasteiger partial charge in [-0.2, -0.15) is 0 Å². The Morgan fingerprint density at radius 2 is 1.78 bits per heavy atom. The molecule has 3 rings (SSSR count). The van der Waals surface area contributed by atoms with Gasteiger partial charge in [-0.05, 0) is 19.1 Å².